The van der Waals surface area contributed by atoms with Crippen molar-refractivity contribution in [3.63, 3.8) is 0 Å². The second-order valence-electron chi connectivity index (χ2n) is 2.67. The van der Waals surface area contributed by atoms with Gasteiger partial charge in [0.1, 0.15) is 5.03 Å². The van der Waals surface area contributed by atoms with Gasteiger partial charge in [-0.25, -0.2) is 8.42 Å². The highest BCUT2D eigenvalue weighted by atomic mass is 32.2. The normalized spacial score (nSPS) is 18.4. The maximum atomic E-state index is 10.9. The number of hydrogen-bond donors (Lipinski definition) is 1. The van der Waals surface area contributed by atoms with Crippen molar-refractivity contribution >= 4 is 9.84 Å². The van der Waals surface area contributed by atoms with E-state index in [1.807, 2.05) is 13.0 Å². The van der Waals surface area contributed by atoms with E-state index in [1.165, 1.54) is 6.26 Å². The molecule has 1 N–H and O–H groups in total. The van der Waals surface area contributed by atoms with Crippen molar-refractivity contribution in [2.75, 3.05) is 12.8 Å². The van der Waals surface area contributed by atoms with Crippen LogP contribution in [0.3, 0.4) is 0 Å². The van der Waals surface area contributed by atoms with E-state index in [-0.39, 0.29) is 0 Å². The van der Waals surface area contributed by atoms with Gasteiger partial charge in [-0.05, 0) is 13.0 Å². The summed E-state index contributed by atoms with van der Waals surface area (Å²) in [7, 11) is -3.04. The third-order valence-electron chi connectivity index (χ3n) is 1.46. The first-order valence-corrected chi connectivity index (χ1v) is 5.20. The maximum Gasteiger partial charge on any atom is 0.190 e. The number of allylic oxidation sites excluding steroid dienone is 2. The van der Waals surface area contributed by atoms with Gasteiger partial charge in [-0.1, -0.05) is 11.6 Å². The lowest BCUT2D eigenvalue weighted by atomic mass is 10.2. The molecule has 0 aromatic heterocycles. The molecular formula is C7H11NO2S. The van der Waals surface area contributed by atoms with Gasteiger partial charge in [0.15, 0.2) is 9.84 Å². The molecule has 0 atom stereocenters. The molecule has 0 fully saturated rings. The average molecular weight is 173 g/mol. The summed E-state index contributed by atoms with van der Waals surface area (Å²) in [5.41, 5.74) is 1.14. The molecule has 3 nitrogen and oxygen atoms in total. The second kappa shape index (κ2) is 2.70. The molecule has 0 bridgehead atoms. The van der Waals surface area contributed by atoms with Gasteiger partial charge in [0, 0.05) is 12.8 Å². The van der Waals surface area contributed by atoms with Crippen LogP contribution in [0.25, 0.3) is 0 Å². The third-order valence-corrected chi connectivity index (χ3v) is 2.54. The summed E-state index contributed by atoms with van der Waals surface area (Å²) >= 11 is 0. The highest BCUT2D eigenvalue weighted by Gasteiger charge is 2.11. The molecule has 0 radical (unpaired) electrons. The number of hydrogen-bond acceptors (Lipinski definition) is 3. The SMILES string of the molecule is CC1=CC=C(S(C)(=O)=O)NC1. The van der Waals surface area contributed by atoms with Crippen molar-refractivity contribution in [2.24, 2.45) is 0 Å². The Morgan fingerprint density at radius 1 is 1.45 bits per heavy atom. The van der Waals surface area contributed by atoms with Crippen LogP contribution in [0.2, 0.25) is 0 Å². The fourth-order valence-corrected chi connectivity index (χ4v) is 1.47. The van der Waals surface area contributed by atoms with E-state index >= 15 is 0 Å². The van der Waals surface area contributed by atoms with E-state index in [1.54, 1.807) is 6.08 Å². The van der Waals surface area contributed by atoms with Gasteiger partial charge in [0.25, 0.3) is 0 Å². The maximum absolute atomic E-state index is 10.9. The second-order valence-corrected chi connectivity index (χ2v) is 4.65. The zero-order chi connectivity index (χ0) is 8.48. The van der Waals surface area contributed by atoms with Crippen LogP contribution in [-0.4, -0.2) is 21.2 Å². The fraction of sp³-hybridized carbons (Fsp3) is 0.429. The first kappa shape index (κ1) is 8.33. The summed E-state index contributed by atoms with van der Waals surface area (Å²) in [6, 6.07) is 0. The molecule has 1 heterocycles. The van der Waals surface area contributed by atoms with Crippen molar-refractivity contribution in [3.8, 4) is 0 Å². The number of rotatable bonds is 1. The molecule has 0 aromatic carbocycles. The van der Waals surface area contributed by atoms with Crippen LogP contribution in [0.1, 0.15) is 6.92 Å². The Morgan fingerprint density at radius 3 is 2.45 bits per heavy atom. The van der Waals surface area contributed by atoms with Crippen molar-refractivity contribution in [1.29, 1.82) is 0 Å². The number of sulfone groups is 1. The molecule has 0 amide bonds. The van der Waals surface area contributed by atoms with Crippen LogP contribution in [0.4, 0.5) is 0 Å². The van der Waals surface area contributed by atoms with Crippen molar-refractivity contribution in [3.05, 3.63) is 22.8 Å². The molecule has 62 valence electrons. The minimum Gasteiger partial charge on any atom is -0.372 e. The van der Waals surface area contributed by atoms with Crippen molar-refractivity contribution in [1.82, 2.24) is 5.32 Å². The van der Waals surface area contributed by atoms with E-state index in [4.69, 9.17) is 0 Å². The van der Waals surface area contributed by atoms with Gasteiger partial charge in [-0.2, -0.15) is 0 Å². The van der Waals surface area contributed by atoms with Crippen LogP contribution >= 0.6 is 0 Å². The summed E-state index contributed by atoms with van der Waals surface area (Å²) in [6.07, 6.45) is 4.60. The highest BCUT2D eigenvalue weighted by Crippen LogP contribution is 2.07. The zero-order valence-electron chi connectivity index (χ0n) is 6.59. The number of dihydropyridines is 1. The number of nitrogens with one attached hydrogen (secondary N) is 1. The minimum absolute atomic E-state index is 0.308. The van der Waals surface area contributed by atoms with E-state index in [0.29, 0.717) is 11.6 Å². The molecule has 0 aliphatic carbocycles. The van der Waals surface area contributed by atoms with Crippen LogP contribution in [0, 0.1) is 0 Å². The molecule has 1 aliphatic rings. The van der Waals surface area contributed by atoms with Gasteiger partial charge < -0.3 is 5.32 Å². The largest absolute Gasteiger partial charge is 0.372 e. The summed E-state index contributed by atoms with van der Waals surface area (Å²) in [4.78, 5) is 0. The van der Waals surface area contributed by atoms with E-state index in [2.05, 4.69) is 5.32 Å². The molecule has 0 saturated carbocycles. The van der Waals surface area contributed by atoms with Crippen LogP contribution in [0.5, 0.6) is 0 Å². The highest BCUT2D eigenvalue weighted by molar-refractivity contribution is 7.94. The Balaban J connectivity index is 2.95. The zero-order valence-corrected chi connectivity index (χ0v) is 7.40. The molecule has 0 unspecified atom stereocenters. The van der Waals surface area contributed by atoms with Crippen molar-refractivity contribution < 1.29 is 8.42 Å². The Kier molecular flexibility index (Phi) is 2.04. The molecule has 1 aliphatic heterocycles. The summed E-state index contributed by atoms with van der Waals surface area (Å²) in [5.74, 6) is 0. The smallest absolute Gasteiger partial charge is 0.190 e. The summed E-state index contributed by atoms with van der Waals surface area (Å²) in [5, 5.41) is 3.12. The quantitative estimate of drug-likeness (QED) is 0.625. The molecular weight excluding hydrogens is 162 g/mol. The van der Waals surface area contributed by atoms with Gasteiger partial charge >= 0.3 is 0 Å². The molecule has 1 rings (SSSR count). The predicted octanol–water partition coefficient (Wildman–Crippen LogP) is 0.422. The Labute approximate surface area is 66.7 Å². The monoisotopic (exact) mass is 173 g/mol. The molecule has 4 heteroatoms. The molecule has 0 saturated heterocycles. The average Bonchev–Trinajstić information content (AvgIpc) is 1.86. The van der Waals surface area contributed by atoms with Crippen LogP contribution < -0.4 is 5.32 Å². The third kappa shape index (κ3) is 2.08. The lowest BCUT2D eigenvalue weighted by Crippen LogP contribution is -2.23. The lowest BCUT2D eigenvalue weighted by Gasteiger charge is -2.12. The molecule has 0 aromatic rings. The standard InChI is InChI=1S/C7H11NO2S/c1-6-3-4-7(8-5-6)11(2,9)10/h3-4,8H,5H2,1-2H3. The first-order chi connectivity index (χ1) is 5.00. The molecule has 0 spiro atoms. The van der Waals surface area contributed by atoms with Crippen LogP contribution in [0.15, 0.2) is 22.8 Å². The summed E-state index contributed by atoms with van der Waals surface area (Å²) < 4.78 is 21.9. The van der Waals surface area contributed by atoms with E-state index in [9.17, 15) is 8.42 Å². The molecule has 11 heavy (non-hydrogen) atoms. The summed E-state index contributed by atoms with van der Waals surface area (Å²) in [6.45, 7) is 2.57. The van der Waals surface area contributed by atoms with Crippen LogP contribution in [-0.2, 0) is 9.84 Å². The predicted molar refractivity (Wildman–Crippen MR) is 44.7 cm³/mol. The van der Waals surface area contributed by atoms with E-state index in [0.717, 1.165) is 5.57 Å². The van der Waals surface area contributed by atoms with Gasteiger partial charge in [-0.3, -0.25) is 0 Å². The fourth-order valence-electron chi connectivity index (χ4n) is 0.817. The van der Waals surface area contributed by atoms with E-state index < -0.39 is 9.84 Å². The Bertz CT molecular complexity index is 311. The lowest BCUT2D eigenvalue weighted by molar-refractivity contribution is 0.603. The Morgan fingerprint density at radius 2 is 2.09 bits per heavy atom. The van der Waals surface area contributed by atoms with Gasteiger partial charge in [0.05, 0.1) is 0 Å². The minimum atomic E-state index is -3.04. The Hall–Kier alpha value is -0.770. The van der Waals surface area contributed by atoms with Crippen molar-refractivity contribution in [2.45, 2.75) is 6.92 Å². The van der Waals surface area contributed by atoms with Gasteiger partial charge in [0.2, 0.25) is 0 Å². The topological polar surface area (TPSA) is 46.2 Å². The first-order valence-electron chi connectivity index (χ1n) is 3.31. The van der Waals surface area contributed by atoms with Gasteiger partial charge in [-0.15, -0.1) is 0 Å².